The highest BCUT2D eigenvalue weighted by atomic mass is 15.0. The Kier molecular flexibility index (Phi) is 13.9. The van der Waals surface area contributed by atoms with Crippen molar-refractivity contribution >= 4 is 152 Å². The Morgan fingerprint density at radius 2 is 0.400 bits per heavy atom. The molecule has 1 atom stereocenters. The number of nitrogens with zero attached hydrogens (tertiary/aromatic N) is 4. The van der Waals surface area contributed by atoms with E-state index in [0.29, 0.717) is 0 Å². The number of aromatic nitrogens is 4. The molecule has 642 valence electrons. The van der Waals surface area contributed by atoms with Gasteiger partial charge >= 0.3 is 0 Å². The summed E-state index contributed by atoms with van der Waals surface area (Å²) < 4.78 is 10.7. The Labute approximate surface area is 803 Å². The smallest absolute Gasteiger partial charge is 0.0720 e. The Bertz CT molecular complexity index is 10600. The number of hydrogen-bond acceptors (Lipinski definition) is 0. The Morgan fingerprint density at radius 1 is 0.136 bits per heavy atom. The van der Waals surface area contributed by atoms with Crippen molar-refractivity contribution in [3.8, 4) is 55.6 Å². The van der Waals surface area contributed by atoms with Crippen LogP contribution in [0.2, 0.25) is 0 Å². The van der Waals surface area contributed by atoms with Gasteiger partial charge in [-0.1, -0.05) is 400 Å². The van der Waals surface area contributed by atoms with Crippen molar-refractivity contribution in [2.45, 2.75) is 21.7 Å². The average molecular weight is 1770 g/mol. The van der Waals surface area contributed by atoms with Gasteiger partial charge in [0.05, 0.1) is 87.9 Å². The summed E-state index contributed by atoms with van der Waals surface area (Å²) in [4.78, 5) is 0. The van der Waals surface area contributed by atoms with Crippen molar-refractivity contribution in [3.05, 3.63) is 562 Å². The zero-order valence-electron chi connectivity index (χ0n) is 75.8. The van der Waals surface area contributed by atoms with Gasteiger partial charge in [-0.25, -0.2) is 0 Å². The van der Waals surface area contributed by atoms with Gasteiger partial charge in [-0.2, -0.15) is 0 Å². The summed E-state index contributed by atoms with van der Waals surface area (Å²) in [7, 11) is 0. The molecule has 1 unspecified atom stereocenters. The largest absolute Gasteiger partial charge is 0.308 e. The SMILES string of the molecule is c1ccc(C2(c3ccccc3)c3ccccc3-c3c2cc2c4ccccc4n4c5cc6c7c8c(cc9c%10ccccc%10n(c6cc5c3c24)c97)C(c2ccccc2)(c2ccc(-c3cccc4c3c3cc5c(c6c7cc9c(cc7n4c36)c3c4c(cc6c7ccccc7n9c63)-c3ccccc3C4(c3ccccc3)c3ccccc3)C(c3ccccc3)(c3ccccc3)c3ccccc3-5)cc2)c2ccccc2-8)cc1. The number of rotatable bonds is 9. The third-order valence-electron chi connectivity index (χ3n) is 34.3. The average Bonchev–Trinajstić information content (AvgIpc) is 1.49. The van der Waals surface area contributed by atoms with Gasteiger partial charge in [0.15, 0.2) is 0 Å². The van der Waals surface area contributed by atoms with Gasteiger partial charge in [0.2, 0.25) is 0 Å². The highest BCUT2D eigenvalue weighted by Crippen LogP contribution is 2.68. The minimum atomic E-state index is -0.780. The number of fused-ring (bicyclic) bond motifs is 40. The maximum Gasteiger partial charge on any atom is 0.0720 e. The fourth-order valence-corrected chi connectivity index (χ4v) is 29.5. The monoisotopic (exact) mass is 1770 g/mol. The van der Waals surface area contributed by atoms with Crippen LogP contribution in [0, 0.1) is 0 Å². The van der Waals surface area contributed by atoms with Crippen LogP contribution in [0.15, 0.2) is 473 Å². The first-order chi connectivity index (χ1) is 69.5. The van der Waals surface area contributed by atoms with Crippen LogP contribution in [0.25, 0.3) is 208 Å². The van der Waals surface area contributed by atoms with E-state index in [0.717, 1.165) is 5.56 Å². The van der Waals surface area contributed by atoms with Gasteiger partial charge < -0.3 is 17.6 Å². The number of hydrogen-bond donors (Lipinski definition) is 0. The minimum Gasteiger partial charge on any atom is -0.308 e. The second kappa shape index (κ2) is 26.2. The number of para-hydroxylation sites is 3. The van der Waals surface area contributed by atoms with Crippen molar-refractivity contribution in [2.75, 3.05) is 0 Å². The molecular weight excluding hydrogens is 1690 g/mol. The Balaban J connectivity index is 0.642. The van der Waals surface area contributed by atoms with Crippen LogP contribution in [0.3, 0.4) is 0 Å². The summed E-state index contributed by atoms with van der Waals surface area (Å²) in [6, 6.07) is 183. The molecule has 4 heteroatoms. The van der Waals surface area contributed by atoms with E-state index >= 15 is 0 Å². The molecule has 0 aliphatic heterocycles. The molecular formula is C136H78N4. The summed E-state index contributed by atoms with van der Waals surface area (Å²) >= 11 is 0. The zero-order valence-corrected chi connectivity index (χ0v) is 75.8. The molecule has 0 N–H and O–H groups in total. The predicted molar refractivity (Wildman–Crippen MR) is 580 cm³/mol. The first-order valence-electron chi connectivity index (χ1n) is 49.3. The Hall–Kier alpha value is -18.0. The van der Waals surface area contributed by atoms with Crippen LogP contribution in [-0.2, 0) is 21.7 Å². The molecule has 4 aliphatic rings. The summed E-state index contributed by atoms with van der Waals surface area (Å²) in [6.45, 7) is 0. The lowest BCUT2D eigenvalue weighted by atomic mass is 9.66. The lowest BCUT2D eigenvalue weighted by Crippen LogP contribution is -2.28. The molecule has 0 saturated carbocycles. The van der Waals surface area contributed by atoms with Crippen LogP contribution < -0.4 is 0 Å². The first-order valence-corrected chi connectivity index (χ1v) is 49.3. The first kappa shape index (κ1) is 74.4. The maximum absolute atomic E-state index is 2.72. The van der Waals surface area contributed by atoms with E-state index in [9.17, 15) is 0 Å². The lowest BCUT2D eigenvalue weighted by molar-refractivity contribution is 0.770. The van der Waals surface area contributed by atoms with Crippen LogP contribution in [-0.4, -0.2) is 17.6 Å². The summed E-state index contributed by atoms with van der Waals surface area (Å²) in [5.41, 5.74) is 44.8. The fraction of sp³-hybridized carbons (Fsp3) is 0.0294. The zero-order chi connectivity index (χ0) is 90.6. The molecule has 0 bridgehead atoms. The summed E-state index contributed by atoms with van der Waals surface area (Å²) in [5, 5.41) is 20.2. The van der Waals surface area contributed by atoms with E-state index in [1.165, 1.54) is 291 Å². The molecule has 0 fully saturated rings. The molecule has 0 saturated heterocycles. The lowest BCUT2D eigenvalue weighted by Gasteiger charge is -2.34. The van der Waals surface area contributed by atoms with E-state index in [1.54, 1.807) is 0 Å². The van der Waals surface area contributed by atoms with Gasteiger partial charge in [0.25, 0.3) is 0 Å². The molecule has 4 nitrogen and oxygen atoms in total. The fourth-order valence-electron chi connectivity index (χ4n) is 29.5. The molecule has 4 aliphatic carbocycles. The van der Waals surface area contributed by atoms with E-state index in [1.807, 2.05) is 0 Å². The van der Waals surface area contributed by atoms with Crippen LogP contribution in [0.5, 0.6) is 0 Å². The van der Waals surface area contributed by atoms with Crippen molar-refractivity contribution in [1.82, 2.24) is 17.6 Å². The maximum atomic E-state index is 2.72. The van der Waals surface area contributed by atoms with Gasteiger partial charge in [-0.15, -0.1) is 0 Å². The second-order valence-corrected chi connectivity index (χ2v) is 40.0. The third-order valence-corrected chi connectivity index (χ3v) is 34.3. The van der Waals surface area contributed by atoms with E-state index in [2.05, 4.69) is 491 Å². The molecule has 22 aromatic carbocycles. The van der Waals surface area contributed by atoms with Crippen molar-refractivity contribution in [1.29, 1.82) is 0 Å². The number of benzene rings is 22. The van der Waals surface area contributed by atoms with Crippen molar-refractivity contribution < 1.29 is 0 Å². The molecule has 0 radical (unpaired) electrons. The van der Waals surface area contributed by atoms with E-state index in [-0.39, 0.29) is 0 Å². The van der Waals surface area contributed by atoms with Crippen LogP contribution in [0.1, 0.15) is 89.0 Å². The molecule has 8 aromatic heterocycles. The van der Waals surface area contributed by atoms with E-state index < -0.39 is 21.7 Å². The van der Waals surface area contributed by atoms with Crippen LogP contribution in [0.4, 0.5) is 0 Å². The molecule has 0 spiro atoms. The van der Waals surface area contributed by atoms with Crippen LogP contribution >= 0.6 is 0 Å². The quantitative estimate of drug-likeness (QED) is 0.137. The molecule has 140 heavy (non-hydrogen) atoms. The second-order valence-electron chi connectivity index (χ2n) is 40.0. The molecule has 8 heterocycles. The third kappa shape index (κ3) is 8.51. The summed E-state index contributed by atoms with van der Waals surface area (Å²) in [6.07, 6.45) is 0. The van der Waals surface area contributed by atoms with Gasteiger partial charge in [-0.05, 0) is 217 Å². The highest BCUT2D eigenvalue weighted by molar-refractivity contribution is 6.37. The normalized spacial score (nSPS) is 15.3. The van der Waals surface area contributed by atoms with Gasteiger partial charge in [-0.3, -0.25) is 0 Å². The molecule has 0 amide bonds. The highest BCUT2D eigenvalue weighted by Gasteiger charge is 2.54. The molecule has 34 rings (SSSR count). The molecule has 30 aromatic rings. The van der Waals surface area contributed by atoms with Gasteiger partial charge in [0, 0.05) is 86.2 Å². The predicted octanol–water partition coefficient (Wildman–Crippen LogP) is 33.4. The van der Waals surface area contributed by atoms with Crippen molar-refractivity contribution in [3.63, 3.8) is 0 Å². The standard InChI is InChI=1S/C136H78N4/c1-8-37-80(38-9-1)133(81-39-10-2-11-40-81)108-61-31-24-56-94(108)121-110(133)73-99-92-54-27-34-64-113(92)137-116-76-102-117(75-101(116)123(121)129(99)137)138-114-65-35-28-55-93(114)100-74-111-122(124(102)130(100)138)95-57-25-32-62-109(95)134(111,82-41-12-3-13-42-82)87-69-67-79(68-70-87)88-58-36-66-115-120(88)105-72-97-90-52-23-30-60-107(90)136(85-47-18-6-19-48-85,86-49-20-7-21-50-86)128(97)126-104-77-118-103(78-119(104)140(115)132(105)126)125-127-96(71-98-91-53-26-33-63-112(91)139(118)131(98)125)89-51-22-29-59-106(89)135(127,83-43-14-4-15-44-83)84-45-16-5-17-46-84/h1-78H. The minimum absolute atomic E-state index is 0.598. The van der Waals surface area contributed by atoms with Gasteiger partial charge in [0.1, 0.15) is 0 Å². The van der Waals surface area contributed by atoms with E-state index in [4.69, 9.17) is 0 Å². The van der Waals surface area contributed by atoms with Crippen molar-refractivity contribution in [2.24, 2.45) is 0 Å². The summed E-state index contributed by atoms with van der Waals surface area (Å²) in [5.74, 6) is 0. The topological polar surface area (TPSA) is 17.6 Å². The Morgan fingerprint density at radius 3 is 0.779 bits per heavy atom.